The summed E-state index contributed by atoms with van der Waals surface area (Å²) < 4.78 is 88.2. The van der Waals surface area contributed by atoms with Crippen LogP contribution in [0.4, 0.5) is 26.3 Å². The van der Waals surface area contributed by atoms with E-state index in [2.05, 4.69) is 6.92 Å². The summed E-state index contributed by atoms with van der Waals surface area (Å²) in [6.45, 7) is 3.74. The summed E-state index contributed by atoms with van der Waals surface area (Å²) in [5.41, 5.74) is -2.81. The van der Waals surface area contributed by atoms with Crippen LogP contribution in [0.1, 0.15) is 81.4 Å². The fourth-order valence-corrected chi connectivity index (χ4v) is 4.86. The summed E-state index contributed by atoms with van der Waals surface area (Å²) >= 11 is 0. The van der Waals surface area contributed by atoms with Gasteiger partial charge in [0.15, 0.2) is 0 Å². The van der Waals surface area contributed by atoms with Gasteiger partial charge in [-0.1, -0.05) is 57.0 Å². The number of hydrogen-bond donors (Lipinski definition) is 0. The second-order valence-electron chi connectivity index (χ2n) is 8.83. The second kappa shape index (κ2) is 10.4. The molecule has 0 N–H and O–H groups in total. The number of hydrogen-bond acceptors (Lipinski definition) is 1. The first-order chi connectivity index (χ1) is 15.6. The summed E-state index contributed by atoms with van der Waals surface area (Å²) in [7, 11) is 0. The number of benzene rings is 2. The first-order valence-corrected chi connectivity index (χ1v) is 11.6. The van der Waals surface area contributed by atoms with Crippen LogP contribution in [0.15, 0.2) is 36.4 Å². The Morgan fingerprint density at radius 1 is 0.758 bits per heavy atom. The van der Waals surface area contributed by atoms with Crippen LogP contribution in [0.25, 0.3) is 11.1 Å². The number of alkyl halides is 6. The van der Waals surface area contributed by atoms with E-state index in [0.717, 1.165) is 55.7 Å². The average Bonchev–Trinajstić information content (AvgIpc) is 2.77. The van der Waals surface area contributed by atoms with Crippen molar-refractivity contribution in [3.05, 3.63) is 53.1 Å². The van der Waals surface area contributed by atoms with Gasteiger partial charge >= 0.3 is 12.4 Å². The van der Waals surface area contributed by atoms with Gasteiger partial charge in [-0.05, 0) is 66.7 Å². The fraction of sp³-hybridized carbons (Fsp3) is 0.538. The fourth-order valence-electron chi connectivity index (χ4n) is 4.86. The zero-order valence-electron chi connectivity index (χ0n) is 19.0. The van der Waals surface area contributed by atoms with Crippen LogP contribution in [0.2, 0.25) is 0 Å². The van der Waals surface area contributed by atoms with Crippen LogP contribution in [0, 0.1) is 5.92 Å². The summed E-state index contributed by atoms with van der Waals surface area (Å²) in [6.07, 6.45) is -3.33. The molecule has 1 aliphatic rings. The van der Waals surface area contributed by atoms with Gasteiger partial charge in [0, 0.05) is 0 Å². The molecule has 33 heavy (non-hydrogen) atoms. The lowest BCUT2D eigenvalue weighted by Crippen LogP contribution is -2.20. The standard InChI is InChI=1S/C26H30F6O/c1-3-5-17-6-8-18(9-7-17)19-10-12-20(13-11-19)21-14-15-22(33-16-4-2)24(26(30,31)32)23(21)25(27,28)29/h10-15,17-18H,3-9,16H2,1-2H3. The van der Waals surface area contributed by atoms with E-state index in [1.54, 1.807) is 19.1 Å². The molecule has 0 spiro atoms. The van der Waals surface area contributed by atoms with Gasteiger partial charge in [-0.2, -0.15) is 26.3 Å². The van der Waals surface area contributed by atoms with Gasteiger partial charge in [0.05, 0.1) is 12.2 Å². The third-order valence-electron chi connectivity index (χ3n) is 6.43. The predicted molar refractivity (Wildman–Crippen MR) is 117 cm³/mol. The Morgan fingerprint density at radius 3 is 1.88 bits per heavy atom. The number of rotatable bonds is 7. The highest BCUT2D eigenvalue weighted by molar-refractivity contribution is 5.72. The van der Waals surface area contributed by atoms with Crippen LogP contribution < -0.4 is 4.74 Å². The van der Waals surface area contributed by atoms with E-state index >= 15 is 0 Å². The Bertz CT molecular complexity index is 906. The highest BCUT2D eigenvalue weighted by Gasteiger charge is 2.47. The molecule has 1 nitrogen and oxygen atoms in total. The molecule has 1 saturated carbocycles. The normalized spacial score (nSPS) is 19.5. The highest BCUT2D eigenvalue weighted by atomic mass is 19.4. The zero-order chi connectivity index (χ0) is 24.2. The molecule has 2 aromatic rings. The molecule has 3 rings (SSSR count). The molecule has 7 heteroatoms. The van der Waals surface area contributed by atoms with Crippen molar-refractivity contribution in [3.8, 4) is 16.9 Å². The van der Waals surface area contributed by atoms with Crippen molar-refractivity contribution in [3.63, 3.8) is 0 Å². The summed E-state index contributed by atoms with van der Waals surface area (Å²) in [4.78, 5) is 0. The molecule has 0 aromatic heterocycles. The van der Waals surface area contributed by atoms with E-state index in [-0.39, 0.29) is 12.2 Å². The minimum absolute atomic E-state index is 0.102. The van der Waals surface area contributed by atoms with Gasteiger partial charge in [0.1, 0.15) is 11.3 Å². The van der Waals surface area contributed by atoms with Crippen molar-refractivity contribution in [1.82, 2.24) is 0 Å². The molecule has 0 atom stereocenters. The Kier molecular flexibility index (Phi) is 8.01. The predicted octanol–water partition coefficient (Wildman–Crippen LogP) is 9.25. The first-order valence-electron chi connectivity index (χ1n) is 11.6. The first kappa shape index (κ1) is 25.4. The van der Waals surface area contributed by atoms with Crippen molar-refractivity contribution in [2.45, 2.75) is 77.1 Å². The van der Waals surface area contributed by atoms with Gasteiger partial charge in [-0.3, -0.25) is 0 Å². The number of ether oxygens (including phenoxy) is 1. The third-order valence-corrected chi connectivity index (χ3v) is 6.43. The van der Waals surface area contributed by atoms with Crippen LogP contribution in [-0.4, -0.2) is 6.61 Å². The molecule has 1 fully saturated rings. The van der Waals surface area contributed by atoms with E-state index < -0.39 is 34.8 Å². The minimum atomic E-state index is -5.21. The van der Waals surface area contributed by atoms with E-state index in [1.807, 2.05) is 0 Å². The van der Waals surface area contributed by atoms with Crippen LogP contribution >= 0.6 is 0 Å². The quantitative estimate of drug-likeness (QED) is 0.365. The van der Waals surface area contributed by atoms with E-state index in [9.17, 15) is 26.3 Å². The van der Waals surface area contributed by atoms with Crippen molar-refractivity contribution in [2.75, 3.05) is 6.61 Å². The maximum Gasteiger partial charge on any atom is 0.420 e. The van der Waals surface area contributed by atoms with Crippen LogP contribution in [0.3, 0.4) is 0 Å². The molecular formula is C26H30F6O. The SMILES string of the molecule is CCCOc1ccc(-c2ccc(C3CCC(CCC)CC3)cc2)c(C(F)(F)F)c1C(F)(F)F. The molecule has 0 amide bonds. The Labute approximate surface area is 191 Å². The lowest BCUT2D eigenvalue weighted by atomic mass is 9.77. The third kappa shape index (κ3) is 6.04. The monoisotopic (exact) mass is 472 g/mol. The van der Waals surface area contributed by atoms with Gasteiger partial charge in [0.2, 0.25) is 0 Å². The van der Waals surface area contributed by atoms with Gasteiger partial charge < -0.3 is 4.74 Å². The van der Waals surface area contributed by atoms with Crippen molar-refractivity contribution >= 4 is 0 Å². The molecule has 0 bridgehead atoms. The van der Waals surface area contributed by atoms with E-state index in [0.29, 0.717) is 12.3 Å². The molecule has 0 heterocycles. The second-order valence-corrected chi connectivity index (χ2v) is 8.83. The molecule has 1 aliphatic carbocycles. The lowest BCUT2D eigenvalue weighted by Gasteiger charge is -2.28. The molecule has 0 aliphatic heterocycles. The molecule has 0 saturated heterocycles. The van der Waals surface area contributed by atoms with Crippen molar-refractivity contribution in [1.29, 1.82) is 0 Å². The Morgan fingerprint density at radius 2 is 1.36 bits per heavy atom. The molecule has 0 unspecified atom stereocenters. The van der Waals surface area contributed by atoms with Crippen LogP contribution in [-0.2, 0) is 12.4 Å². The summed E-state index contributed by atoms with van der Waals surface area (Å²) in [6, 6.07) is 8.60. The van der Waals surface area contributed by atoms with Gasteiger partial charge in [-0.15, -0.1) is 0 Å². The average molecular weight is 473 g/mol. The van der Waals surface area contributed by atoms with E-state index in [1.165, 1.54) is 18.6 Å². The minimum Gasteiger partial charge on any atom is -0.493 e. The van der Waals surface area contributed by atoms with Crippen molar-refractivity contribution in [2.24, 2.45) is 5.92 Å². The highest BCUT2D eigenvalue weighted by Crippen LogP contribution is 2.49. The molecular weight excluding hydrogens is 442 g/mol. The Balaban J connectivity index is 1.97. The van der Waals surface area contributed by atoms with Crippen LogP contribution in [0.5, 0.6) is 5.75 Å². The Hall–Kier alpha value is -2.18. The molecule has 2 aromatic carbocycles. The summed E-state index contributed by atoms with van der Waals surface area (Å²) in [5, 5.41) is 0. The lowest BCUT2D eigenvalue weighted by molar-refractivity contribution is -0.162. The van der Waals surface area contributed by atoms with Gasteiger partial charge in [-0.25, -0.2) is 0 Å². The molecule has 182 valence electrons. The number of halogens is 6. The largest absolute Gasteiger partial charge is 0.493 e. The maximum atomic E-state index is 13.9. The van der Waals surface area contributed by atoms with E-state index in [4.69, 9.17) is 4.74 Å². The topological polar surface area (TPSA) is 9.23 Å². The zero-order valence-corrected chi connectivity index (χ0v) is 19.0. The van der Waals surface area contributed by atoms with Gasteiger partial charge in [0.25, 0.3) is 0 Å². The maximum absolute atomic E-state index is 13.9. The molecule has 0 radical (unpaired) electrons. The van der Waals surface area contributed by atoms with Crippen molar-refractivity contribution < 1.29 is 31.1 Å². The summed E-state index contributed by atoms with van der Waals surface area (Å²) in [5.74, 6) is 0.278. The smallest absolute Gasteiger partial charge is 0.420 e.